The highest BCUT2D eigenvalue weighted by Crippen LogP contribution is 2.27. The molecule has 0 aliphatic rings. The van der Waals surface area contributed by atoms with Crippen LogP contribution < -0.4 is 5.32 Å². The average Bonchev–Trinajstić information content (AvgIpc) is 2.67. The molecule has 0 unspecified atom stereocenters. The van der Waals surface area contributed by atoms with E-state index in [-0.39, 0.29) is 11.5 Å². The van der Waals surface area contributed by atoms with E-state index in [1.807, 2.05) is 42.5 Å². The summed E-state index contributed by atoms with van der Waals surface area (Å²) >= 11 is 0. The van der Waals surface area contributed by atoms with E-state index in [9.17, 15) is 9.59 Å². The summed E-state index contributed by atoms with van der Waals surface area (Å²) in [5, 5.41) is 14.7. The topological polar surface area (TPSA) is 79.3 Å². The summed E-state index contributed by atoms with van der Waals surface area (Å²) in [6.07, 6.45) is 1.66. The number of anilines is 1. The van der Waals surface area contributed by atoms with Crippen LogP contribution in [0.2, 0.25) is 0 Å². The summed E-state index contributed by atoms with van der Waals surface area (Å²) < 4.78 is 0. The van der Waals surface area contributed by atoms with Gasteiger partial charge < -0.3 is 10.4 Å². The van der Waals surface area contributed by atoms with Crippen molar-refractivity contribution < 1.29 is 14.7 Å². The first-order valence-corrected chi connectivity index (χ1v) is 8.05. The van der Waals surface area contributed by atoms with Gasteiger partial charge in [0.1, 0.15) is 0 Å². The maximum atomic E-state index is 12.8. The lowest BCUT2D eigenvalue weighted by atomic mass is 10.0. The van der Waals surface area contributed by atoms with Crippen molar-refractivity contribution in [3.8, 4) is 0 Å². The highest BCUT2D eigenvalue weighted by Gasteiger charge is 2.14. The van der Waals surface area contributed by atoms with Gasteiger partial charge in [0.25, 0.3) is 5.91 Å². The van der Waals surface area contributed by atoms with E-state index in [0.29, 0.717) is 16.8 Å². The van der Waals surface area contributed by atoms with Gasteiger partial charge in [0.2, 0.25) is 0 Å². The molecular weight excluding hydrogens is 328 g/mol. The number of nitrogens with zero attached hydrogens (tertiary/aromatic N) is 1. The fourth-order valence-corrected chi connectivity index (χ4v) is 3.00. The number of carbonyl (C=O) groups excluding carboxylic acids is 1. The highest BCUT2D eigenvalue weighted by atomic mass is 16.4. The van der Waals surface area contributed by atoms with E-state index in [1.165, 1.54) is 12.1 Å². The Morgan fingerprint density at radius 2 is 1.62 bits per heavy atom. The van der Waals surface area contributed by atoms with Crippen LogP contribution in [0.15, 0.2) is 72.9 Å². The zero-order valence-corrected chi connectivity index (χ0v) is 13.6. The number of aromatic carboxylic acids is 1. The molecule has 5 nitrogen and oxygen atoms in total. The van der Waals surface area contributed by atoms with Crippen LogP contribution in [-0.2, 0) is 0 Å². The van der Waals surface area contributed by atoms with Crippen molar-refractivity contribution in [2.75, 3.05) is 5.32 Å². The smallest absolute Gasteiger partial charge is 0.335 e. The van der Waals surface area contributed by atoms with Crippen molar-refractivity contribution in [3.05, 3.63) is 84.1 Å². The molecule has 1 heterocycles. The molecule has 0 radical (unpaired) electrons. The van der Waals surface area contributed by atoms with Gasteiger partial charge in [-0.3, -0.25) is 9.78 Å². The summed E-state index contributed by atoms with van der Waals surface area (Å²) in [5.74, 6) is -1.30. The van der Waals surface area contributed by atoms with Crippen molar-refractivity contribution >= 4 is 39.2 Å². The summed E-state index contributed by atoms with van der Waals surface area (Å²) in [6, 6.07) is 19.5. The number of benzene rings is 3. The molecule has 4 aromatic rings. The third-order valence-electron chi connectivity index (χ3n) is 4.25. The maximum Gasteiger partial charge on any atom is 0.335 e. The first kappa shape index (κ1) is 15.8. The largest absolute Gasteiger partial charge is 0.478 e. The fourth-order valence-electron chi connectivity index (χ4n) is 3.00. The number of hydrogen-bond donors (Lipinski definition) is 2. The van der Waals surface area contributed by atoms with E-state index in [0.717, 1.165) is 16.2 Å². The Hall–Kier alpha value is -3.73. The molecule has 1 aromatic heterocycles. The molecular formula is C21H14N2O3. The molecule has 0 bridgehead atoms. The second-order valence-electron chi connectivity index (χ2n) is 5.88. The number of carboxylic acids is 1. The molecule has 0 spiro atoms. The molecule has 0 atom stereocenters. The van der Waals surface area contributed by atoms with Gasteiger partial charge in [0.05, 0.1) is 16.6 Å². The Balaban J connectivity index is 1.77. The summed E-state index contributed by atoms with van der Waals surface area (Å²) in [7, 11) is 0. The number of aromatic nitrogens is 1. The number of carboxylic acid groups (broad SMARTS) is 1. The van der Waals surface area contributed by atoms with E-state index in [1.54, 1.807) is 18.3 Å². The number of nitrogens with one attached hydrogen (secondary N) is 1. The van der Waals surface area contributed by atoms with Crippen LogP contribution in [0.3, 0.4) is 0 Å². The summed E-state index contributed by atoms with van der Waals surface area (Å²) in [4.78, 5) is 28.1. The molecule has 5 heteroatoms. The summed E-state index contributed by atoms with van der Waals surface area (Å²) in [6.45, 7) is 0. The van der Waals surface area contributed by atoms with Crippen LogP contribution in [-0.4, -0.2) is 22.0 Å². The van der Waals surface area contributed by atoms with Crippen LogP contribution in [0.4, 0.5) is 5.69 Å². The third kappa shape index (κ3) is 2.75. The predicted octanol–water partition coefficient (Wildman–Crippen LogP) is 4.34. The molecule has 0 aliphatic heterocycles. The van der Waals surface area contributed by atoms with Gasteiger partial charge >= 0.3 is 5.97 Å². The minimum absolute atomic E-state index is 0.167. The van der Waals surface area contributed by atoms with E-state index in [4.69, 9.17) is 5.11 Å². The van der Waals surface area contributed by atoms with Gasteiger partial charge in [-0.2, -0.15) is 0 Å². The quantitative estimate of drug-likeness (QED) is 0.543. The molecule has 126 valence electrons. The van der Waals surface area contributed by atoms with Crippen LogP contribution in [0.25, 0.3) is 21.7 Å². The summed E-state index contributed by atoms with van der Waals surface area (Å²) in [5.41, 5.74) is 1.80. The molecule has 0 saturated carbocycles. The number of amides is 1. The number of pyridine rings is 1. The highest BCUT2D eigenvalue weighted by molar-refractivity contribution is 6.18. The van der Waals surface area contributed by atoms with Crippen LogP contribution in [0.1, 0.15) is 20.7 Å². The van der Waals surface area contributed by atoms with Gasteiger partial charge in [0.15, 0.2) is 0 Å². The Morgan fingerprint density at radius 1 is 0.885 bits per heavy atom. The number of fused-ring (bicyclic) bond motifs is 3. The Kier molecular flexibility index (Phi) is 3.82. The van der Waals surface area contributed by atoms with E-state index < -0.39 is 5.97 Å². The molecule has 0 saturated heterocycles. The minimum atomic E-state index is -1.01. The van der Waals surface area contributed by atoms with Crippen molar-refractivity contribution in [2.45, 2.75) is 0 Å². The average molecular weight is 342 g/mol. The lowest BCUT2D eigenvalue weighted by Gasteiger charge is -2.10. The normalized spacial score (nSPS) is 10.8. The van der Waals surface area contributed by atoms with Gasteiger partial charge in [-0.15, -0.1) is 0 Å². The first-order chi connectivity index (χ1) is 12.6. The van der Waals surface area contributed by atoms with Crippen LogP contribution in [0.5, 0.6) is 0 Å². The molecule has 0 aliphatic carbocycles. The zero-order valence-electron chi connectivity index (χ0n) is 13.6. The van der Waals surface area contributed by atoms with E-state index in [2.05, 4.69) is 10.3 Å². The van der Waals surface area contributed by atoms with Gasteiger partial charge in [-0.05, 0) is 47.2 Å². The fraction of sp³-hybridized carbons (Fsp3) is 0. The molecule has 2 N–H and O–H groups in total. The lowest BCUT2D eigenvalue weighted by molar-refractivity contribution is 0.0696. The van der Waals surface area contributed by atoms with Gasteiger partial charge in [0, 0.05) is 17.3 Å². The van der Waals surface area contributed by atoms with Crippen molar-refractivity contribution in [1.29, 1.82) is 0 Å². The molecule has 26 heavy (non-hydrogen) atoms. The van der Waals surface area contributed by atoms with Gasteiger partial charge in [-0.25, -0.2) is 4.79 Å². The minimum Gasteiger partial charge on any atom is -0.478 e. The molecule has 0 fully saturated rings. The lowest BCUT2D eigenvalue weighted by Crippen LogP contribution is -2.13. The van der Waals surface area contributed by atoms with Gasteiger partial charge in [-0.1, -0.05) is 30.3 Å². The van der Waals surface area contributed by atoms with Crippen molar-refractivity contribution in [3.63, 3.8) is 0 Å². The third-order valence-corrected chi connectivity index (χ3v) is 4.25. The molecule has 4 rings (SSSR count). The van der Waals surface area contributed by atoms with Crippen LogP contribution in [0, 0.1) is 0 Å². The number of hydrogen-bond acceptors (Lipinski definition) is 3. The molecule has 1 amide bonds. The maximum absolute atomic E-state index is 12.8. The van der Waals surface area contributed by atoms with Crippen molar-refractivity contribution in [1.82, 2.24) is 4.98 Å². The molecule has 3 aromatic carbocycles. The zero-order chi connectivity index (χ0) is 18.1. The second kappa shape index (κ2) is 6.29. The Labute approximate surface area is 148 Å². The monoisotopic (exact) mass is 342 g/mol. The Morgan fingerprint density at radius 3 is 2.38 bits per heavy atom. The number of carbonyl (C=O) groups is 2. The second-order valence-corrected chi connectivity index (χ2v) is 5.88. The Bertz CT molecular complexity index is 1150. The van der Waals surface area contributed by atoms with Crippen molar-refractivity contribution in [2.24, 2.45) is 0 Å². The van der Waals surface area contributed by atoms with Crippen LogP contribution >= 0.6 is 0 Å². The number of rotatable bonds is 3. The van der Waals surface area contributed by atoms with E-state index >= 15 is 0 Å². The standard InChI is InChI=1S/C21H14N2O3/c24-20(23-15-9-7-13(8-10-15)21(25)26)18-12-14-4-1-2-5-16(14)17-6-3-11-22-19(17)18/h1-12H,(H,23,24)(H,25,26). The predicted molar refractivity (Wildman–Crippen MR) is 101 cm³/mol. The first-order valence-electron chi connectivity index (χ1n) is 8.05. The SMILES string of the molecule is O=C(O)c1ccc(NC(=O)c2cc3ccccc3c3cccnc23)cc1.